The highest BCUT2D eigenvalue weighted by Gasteiger charge is 2.27. The molecule has 0 aliphatic rings. The van der Waals surface area contributed by atoms with Gasteiger partial charge in [0.2, 0.25) is 5.78 Å². The van der Waals surface area contributed by atoms with Crippen molar-refractivity contribution in [1.29, 1.82) is 0 Å². The molecule has 0 N–H and O–H groups in total. The average Bonchev–Trinajstić information content (AvgIpc) is 3.08. The first-order valence-electron chi connectivity index (χ1n) is 8.30. The molecule has 4 rings (SSSR count). The van der Waals surface area contributed by atoms with Crippen LogP contribution in [0.3, 0.4) is 0 Å². The molecule has 0 saturated heterocycles. The zero-order valence-electron chi connectivity index (χ0n) is 14.3. The number of ketones is 1. The predicted octanol–water partition coefficient (Wildman–Crippen LogP) is 5.42. The third-order valence-corrected chi connectivity index (χ3v) is 6.66. The molecule has 0 fully saturated rings. The molecule has 0 saturated carbocycles. The zero-order chi connectivity index (χ0) is 19.9. The maximum absolute atomic E-state index is 13.4. The van der Waals surface area contributed by atoms with E-state index < -0.39 is 15.8 Å². The number of benzene rings is 3. The van der Waals surface area contributed by atoms with E-state index in [-0.39, 0.29) is 21.2 Å². The van der Waals surface area contributed by atoms with Crippen LogP contribution in [0.25, 0.3) is 10.9 Å². The van der Waals surface area contributed by atoms with Crippen molar-refractivity contribution >= 4 is 49.9 Å². The van der Waals surface area contributed by atoms with Crippen LogP contribution >= 0.6 is 23.2 Å². The molecule has 140 valence electrons. The zero-order valence-corrected chi connectivity index (χ0v) is 16.7. The summed E-state index contributed by atoms with van der Waals surface area (Å²) in [6, 6.07) is 20.9. The monoisotopic (exact) mass is 429 g/mol. The van der Waals surface area contributed by atoms with Crippen molar-refractivity contribution in [1.82, 2.24) is 3.97 Å². The molecule has 0 amide bonds. The standard InChI is InChI=1S/C21H13Cl2NO3S/c22-15-11-10-14-12-20(21(25)17-8-4-5-9-18(17)23)24(19(14)13-15)28(26,27)16-6-2-1-3-7-16/h1-13H. The molecule has 4 aromatic rings. The smallest absolute Gasteiger partial charge is 0.268 e. The van der Waals surface area contributed by atoms with Crippen LogP contribution in [0.2, 0.25) is 10.0 Å². The Morgan fingerprint density at radius 3 is 2.21 bits per heavy atom. The summed E-state index contributed by atoms with van der Waals surface area (Å²) in [6.07, 6.45) is 0. The average molecular weight is 430 g/mol. The first kappa shape index (κ1) is 18.7. The van der Waals surface area contributed by atoms with E-state index in [4.69, 9.17) is 23.2 Å². The van der Waals surface area contributed by atoms with Gasteiger partial charge in [-0.25, -0.2) is 12.4 Å². The Balaban J connectivity index is 2.04. The first-order chi connectivity index (χ1) is 13.4. The van der Waals surface area contributed by atoms with Gasteiger partial charge in [-0.15, -0.1) is 0 Å². The fourth-order valence-corrected chi connectivity index (χ4v) is 4.96. The second-order valence-electron chi connectivity index (χ2n) is 6.12. The van der Waals surface area contributed by atoms with Crippen LogP contribution in [-0.2, 0) is 10.0 Å². The van der Waals surface area contributed by atoms with E-state index in [0.717, 1.165) is 3.97 Å². The number of hydrogen-bond acceptors (Lipinski definition) is 3. The molecular formula is C21H13Cl2NO3S. The Morgan fingerprint density at radius 1 is 0.821 bits per heavy atom. The highest BCUT2D eigenvalue weighted by atomic mass is 35.5. The minimum Gasteiger partial charge on any atom is -0.287 e. The van der Waals surface area contributed by atoms with Gasteiger partial charge in [0.05, 0.1) is 15.4 Å². The van der Waals surface area contributed by atoms with Gasteiger partial charge in [-0.2, -0.15) is 0 Å². The molecule has 0 spiro atoms. The van der Waals surface area contributed by atoms with Crippen molar-refractivity contribution in [3.63, 3.8) is 0 Å². The lowest BCUT2D eigenvalue weighted by Crippen LogP contribution is -2.19. The number of nitrogens with zero attached hydrogens (tertiary/aromatic N) is 1. The van der Waals surface area contributed by atoms with E-state index in [2.05, 4.69) is 0 Å². The van der Waals surface area contributed by atoms with Crippen LogP contribution in [0.1, 0.15) is 16.1 Å². The van der Waals surface area contributed by atoms with Crippen molar-refractivity contribution in [3.05, 3.63) is 100 Å². The van der Waals surface area contributed by atoms with Gasteiger partial charge in [0.1, 0.15) is 5.69 Å². The second-order valence-corrected chi connectivity index (χ2v) is 8.75. The van der Waals surface area contributed by atoms with E-state index >= 15 is 0 Å². The third kappa shape index (κ3) is 3.11. The second kappa shape index (κ2) is 7.09. The summed E-state index contributed by atoms with van der Waals surface area (Å²) < 4.78 is 27.8. The number of carbonyl (C=O) groups excluding carboxylic acids is 1. The summed E-state index contributed by atoms with van der Waals surface area (Å²) in [5.41, 5.74) is 0.545. The van der Waals surface area contributed by atoms with E-state index in [1.807, 2.05) is 0 Å². The van der Waals surface area contributed by atoms with E-state index in [9.17, 15) is 13.2 Å². The van der Waals surface area contributed by atoms with Crippen LogP contribution in [0, 0.1) is 0 Å². The van der Waals surface area contributed by atoms with Crippen molar-refractivity contribution < 1.29 is 13.2 Å². The van der Waals surface area contributed by atoms with Crippen LogP contribution < -0.4 is 0 Å². The molecule has 0 atom stereocenters. The van der Waals surface area contributed by atoms with Crippen LogP contribution in [0.5, 0.6) is 0 Å². The van der Waals surface area contributed by atoms with Gasteiger partial charge < -0.3 is 0 Å². The third-order valence-electron chi connectivity index (χ3n) is 4.35. The van der Waals surface area contributed by atoms with Crippen LogP contribution in [0.4, 0.5) is 0 Å². The Kier molecular flexibility index (Phi) is 4.75. The molecule has 0 bridgehead atoms. The summed E-state index contributed by atoms with van der Waals surface area (Å²) in [4.78, 5) is 13.3. The number of aromatic nitrogens is 1. The number of rotatable bonds is 4. The van der Waals surface area contributed by atoms with Gasteiger partial charge in [0.25, 0.3) is 10.0 Å². The minimum absolute atomic E-state index is 0.00535. The Hall–Kier alpha value is -2.60. The lowest BCUT2D eigenvalue weighted by Gasteiger charge is -2.12. The predicted molar refractivity (Wildman–Crippen MR) is 111 cm³/mol. The Morgan fingerprint density at radius 2 is 1.50 bits per heavy atom. The van der Waals surface area contributed by atoms with Crippen molar-refractivity contribution in [2.45, 2.75) is 4.90 Å². The van der Waals surface area contributed by atoms with Crippen LogP contribution in [0.15, 0.2) is 83.8 Å². The molecule has 0 aliphatic heterocycles. The normalized spacial score (nSPS) is 11.6. The number of hydrogen-bond donors (Lipinski definition) is 0. The minimum atomic E-state index is -4.04. The van der Waals surface area contributed by atoms with Gasteiger partial charge >= 0.3 is 0 Å². The molecule has 0 radical (unpaired) electrons. The maximum Gasteiger partial charge on any atom is 0.268 e. The maximum atomic E-state index is 13.4. The van der Waals surface area contributed by atoms with E-state index in [0.29, 0.717) is 15.9 Å². The summed E-state index contributed by atoms with van der Waals surface area (Å²) >= 11 is 12.3. The lowest BCUT2D eigenvalue weighted by molar-refractivity contribution is 0.103. The molecule has 1 aromatic heterocycles. The topological polar surface area (TPSA) is 56.1 Å². The highest BCUT2D eigenvalue weighted by molar-refractivity contribution is 7.90. The Bertz CT molecular complexity index is 1310. The summed E-state index contributed by atoms with van der Waals surface area (Å²) in [5, 5.41) is 1.20. The van der Waals surface area contributed by atoms with Crippen molar-refractivity contribution in [3.8, 4) is 0 Å². The van der Waals surface area contributed by atoms with Gasteiger partial charge in [0, 0.05) is 16.0 Å². The first-order valence-corrected chi connectivity index (χ1v) is 10.5. The van der Waals surface area contributed by atoms with Crippen LogP contribution in [-0.4, -0.2) is 18.2 Å². The molecule has 4 nitrogen and oxygen atoms in total. The van der Waals surface area contributed by atoms with Gasteiger partial charge in [-0.1, -0.05) is 59.6 Å². The van der Waals surface area contributed by atoms with Crippen molar-refractivity contribution in [2.24, 2.45) is 0 Å². The number of carbonyl (C=O) groups is 1. The molecule has 3 aromatic carbocycles. The summed E-state index contributed by atoms with van der Waals surface area (Å²) in [5.74, 6) is -0.488. The summed E-state index contributed by atoms with van der Waals surface area (Å²) in [6.45, 7) is 0. The van der Waals surface area contributed by atoms with Crippen molar-refractivity contribution in [2.75, 3.05) is 0 Å². The van der Waals surface area contributed by atoms with Gasteiger partial charge in [-0.3, -0.25) is 4.79 Å². The van der Waals surface area contributed by atoms with Gasteiger partial charge in [-0.05, 0) is 42.5 Å². The quantitative estimate of drug-likeness (QED) is 0.407. The molecule has 1 heterocycles. The molecule has 28 heavy (non-hydrogen) atoms. The highest BCUT2D eigenvalue weighted by Crippen LogP contribution is 2.30. The molecule has 0 unspecified atom stereocenters. The van der Waals surface area contributed by atoms with E-state index in [1.54, 1.807) is 54.6 Å². The molecule has 0 aliphatic carbocycles. The lowest BCUT2D eigenvalue weighted by atomic mass is 10.1. The van der Waals surface area contributed by atoms with E-state index in [1.165, 1.54) is 24.3 Å². The number of halogens is 2. The molecule has 7 heteroatoms. The Labute approximate surface area is 172 Å². The fraction of sp³-hybridized carbons (Fsp3) is 0. The number of fused-ring (bicyclic) bond motifs is 1. The van der Waals surface area contributed by atoms with Gasteiger partial charge in [0.15, 0.2) is 0 Å². The fourth-order valence-electron chi connectivity index (χ4n) is 3.05. The SMILES string of the molecule is O=C(c1ccccc1Cl)c1cc2ccc(Cl)cc2n1S(=O)(=O)c1ccccc1. The summed E-state index contributed by atoms with van der Waals surface area (Å²) in [7, 11) is -4.04. The molecular weight excluding hydrogens is 417 g/mol. The largest absolute Gasteiger partial charge is 0.287 e.